The van der Waals surface area contributed by atoms with Crippen LogP contribution in [0.15, 0.2) is 15.6 Å². The van der Waals surface area contributed by atoms with Gasteiger partial charge in [0.2, 0.25) is 5.89 Å². The van der Waals surface area contributed by atoms with Gasteiger partial charge in [0.1, 0.15) is 12.3 Å². The molecule has 0 aromatic carbocycles. The predicted molar refractivity (Wildman–Crippen MR) is 96.2 cm³/mol. The Kier molecular flexibility index (Phi) is 8.39. The third-order valence-corrected chi connectivity index (χ3v) is 3.47. The second-order valence-corrected chi connectivity index (χ2v) is 7.20. The molecule has 26 heavy (non-hydrogen) atoms. The Balaban J connectivity index is 2.45. The first-order valence-electron chi connectivity index (χ1n) is 8.74. The molecule has 0 atom stereocenters. The number of nitrogens with zero attached hydrogens (tertiary/aromatic N) is 3. The van der Waals surface area contributed by atoms with Crippen LogP contribution < -0.4 is 10.6 Å². The smallest absolute Gasteiger partial charge is 0.401 e. The van der Waals surface area contributed by atoms with Crippen molar-refractivity contribution in [3.05, 3.63) is 17.8 Å². The van der Waals surface area contributed by atoms with E-state index in [-0.39, 0.29) is 5.41 Å². The summed E-state index contributed by atoms with van der Waals surface area (Å²) >= 11 is 0. The van der Waals surface area contributed by atoms with Gasteiger partial charge in [-0.25, -0.2) is 9.98 Å². The second-order valence-electron chi connectivity index (χ2n) is 7.20. The van der Waals surface area contributed by atoms with Crippen LogP contribution in [0.4, 0.5) is 13.2 Å². The van der Waals surface area contributed by atoms with Crippen molar-refractivity contribution in [3.63, 3.8) is 0 Å². The van der Waals surface area contributed by atoms with Crippen molar-refractivity contribution in [2.45, 2.75) is 52.3 Å². The maximum atomic E-state index is 12.3. The standard InChI is InChI=1S/C17H30F3N5O/c1-6-21-15(22-8-7-9-25(5)12-17(18,19)20)24-11-14-23-10-13(26-14)16(2,3)4/h10H,6-9,11-12H2,1-5H3,(H2,21,22,24). The zero-order chi connectivity index (χ0) is 19.8. The van der Waals surface area contributed by atoms with Gasteiger partial charge in [-0.05, 0) is 26.9 Å². The van der Waals surface area contributed by atoms with Gasteiger partial charge in [-0.1, -0.05) is 20.8 Å². The second kappa shape index (κ2) is 9.80. The fourth-order valence-electron chi connectivity index (χ4n) is 2.16. The van der Waals surface area contributed by atoms with E-state index in [2.05, 4.69) is 20.6 Å². The van der Waals surface area contributed by atoms with Crippen LogP contribution in [0.25, 0.3) is 0 Å². The summed E-state index contributed by atoms with van der Waals surface area (Å²) in [6, 6.07) is 0. The van der Waals surface area contributed by atoms with Gasteiger partial charge in [-0.2, -0.15) is 13.2 Å². The van der Waals surface area contributed by atoms with E-state index in [4.69, 9.17) is 4.42 Å². The van der Waals surface area contributed by atoms with Crippen LogP contribution in [0.1, 0.15) is 45.8 Å². The van der Waals surface area contributed by atoms with Crippen molar-refractivity contribution < 1.29 is 17.6 Å². The van der Waals surface area contributed by atoms with E-state index in [9.17, 15) is 13.2 Å². The molecule has 0 aliphatic heterocycles. The molecule has 1 aromatic heterocycles. The lowest BCUT2D eigenvalue weighted by Gasteiger charge is -2.18. The highest BCUT2D eigenvalue weighted by atomic mass is 19.4. The van der Waals surface area contributed by atoms with Crippen molar-refractivity contribution in [1.29, 1.82) is 0 Å². The summed E-state index contributed by atoms with van der Waals surface area (Å²) in [4.78, 5) is 9.88. The first-order valence-corrected chi connectivity index (χ1v) is 8.74. The summed E-state index contributed by atoms with van der Waals surface area (Å²) in [5.41, 5.74) is -0.111. The molecule has 150 valence electrons. The highest BCUT2D eigenvalue weighted by Gasteiger charge is 2.28. The third kappa shape index (κ3) is 9.07. The van der Waals surface area contributed by atoms with Gasteiger partial charge in [-0.15, -0.1) is 0 Å². The van der Waals surface area contributed by atoms with Crippen LogP contribution in [0.3, 0.4) is 0 Å². The van der Waals surface area contributed by atoms with Crippen LogP contribution >= 0.6 is 0 Å². The van der Waals surface area contributed by atoms with Crippen LogP contribution in [0.2, 0.25) is 0 Å². The molecule has 0 spiro atoms. The summed E-state index contributed by atoms with van der Waals surface area (Å²) in [6.07, 6.45) is -1.88. The number of guanidine groups is 1. The number of aromatic nitrogens is 1. The molecular weight excluding hydrogens is 347 g/mol. The Bertz CT molecular complexity index is 563. The Labute approximate surface area is 153 Å². The van der Waals surface area contributed by atoms with Crippen molar-refractivity contribution in [2.75, 3.05) is 33.2 Å². The number of aliphatic imine (C=N–C) groups is 1. The topological polar surface area (TPSA) is 65.7 Å². The van der Waals surface area contributed by atoms with Gasteiger partial charge in [0.05, 0.1) is 12.7 Å². The molecule has 1 heterocycles. The molecule has 0 radical (unpaired) electrons. The fourth-order valence-corrected chi connectivity index (χ4v) is 2.16. The summed E-state index contributed by atoms with van der Waals surface area (Å²) in [6.45, 7) is 9.01. The lowest BCUT2D eigenvalue weighted by molar-refractivity contribution is -0.143. The zero-order valence-electron chi connectivity index (χ0n) is 16.2. The lowest BCUT2D eigenvalue weighted by Crippen LogP contribution is -2.39. The van der Waals surface area contributed by atoms with E-state index < -0.39 is 12.7 Å². The summed E-state index contributed by atoms with van der Waals surface area (Å²) in [5.74, 6) is 1.91. The molecule has 2 N–H and O–H groups in total. The van der Waals surface area contributed by atoms with Gasteiger partial charge in [0, 0.05) is 18.5 Å². The molecule has 1 aromatic rings. The zero-order valence-corrected chi connectivity index (χ0v) is 16.2. The van der Waals surface area contributed by atoms with E-state index >= 15 is 0 Å². The third-order valence-electron chi connectivity index (χ3n) is 3.47. The minimum absolute atomic E-state index is 0.111. The minimum Gasteiger partial charge on any atom is -0.443 e. The Morgan fingerprint density at radius 1 is 1.27 bits per heavy atom. The Morgan fingerprint density at radius 2 is 1.96 bits per heavy atom. The number of halogens is 3. The summed E-state index contributed by atoms with van der Waals surface area (Å²) in [5, 5.41) is 6.20. The van der Waals surface area contributed by atoms with Crippen molar-refractivity contribution in [2.24, 2.45) is 4.99 Å². The Hall–Kier alpha value is -1.77. The molecule has 0 saturated carbocycles. The molecule has 1 rings (SSSR count). The maximum absolute atomic E-state index is 12.3. The van der Waals surface area contributed by atoms with Gasteiger partial charge in [0.25, 0.3) is 0 Å². The minimum atomic E-state index is -4.17. The normalized spacial score (nSPS) is 13.3. The lowest BCUT2D eigenvalue weighted by atomic mass is 9.94. The molecule has 0 aliphatic rings. The first kappa shape index (κ1) is 22.3. The molecule has 0 saturated heterocycles. The highest BCUT2D eigenvalue weighted by Crippen LogP contribution is 2.22. The molecule has 0 aliphatic carbocycles. The molecular formula is C17H30F3N5O. The summed E-state index contributed by atoms with van der Waals surface area (Å²) in [7, 11) is 1.46. The quantitative estimate of drug-likeness (QED) is 0.414. The van der Waals surface area contributed by atoms with Crippen molar-refractivity contribution in [1.82, 2.24) is 20.5 Å². The SMILES string of the molecule is CCNC(=NCc1ncc(C(C)(C)C)o1)NCCCN(C)CC(F)(F)F. The van der Waals surface area contributed by atoms with E-state index in [1.165, 1.54) is 11.9 Å². The number of oxazole rings is 1. The number of nitrogens with one attached hydrogen (secondary N) is 2. The van der Waals surface area contributed by atoms with Gasteiger partial charge >= 0.3 is 6.18 Å². The highest BCUT2D eigenvalue weighted by molar-refractivity contribution is 5.79. The molecule has 0 unspecified atom stereocenters. The van der Waals surface area contributed by atoms with E-state index in [1.807, 2.05) is 27.7 Å². The monoisotopic (exact) mass is 377 g/mol. The average molecular weight is 377 g/mol. The van der Waals surface area contributed by atoms with Crippen molar-refractivity contribution in [3.8, 4) is 0 Å². The van der Waals surface area contributed by atoms with E-state index in [0.717, 1.165) is 5.76 Å². The molecule has 6 nitrogen and oxygen atoms in total. The van der Waals surface area contributed by atoms with E-state index in [0.29, 0.717) is 44.5 Å². The van der Waals surface area contributed by atoms with Crippen molar-refractivity contribution >= 4 is 5.96 Å². The van der Waals surface area contributed by atoms with E-state index in [1.54, 1.807) is 6.20 Å². The maximum Gasteiger partial charge on any atom is 0.401 e. The number of rotatable bonds is 8. The average Bonchev–Trinajstić information content (AvgIpc) is 2.96. The summed E-state index contributed by atoms with van der Waals surface area (Å²) < 4.78 is 42.5. The number of hydrogen-bond donors (Lipinski definition) is 2. The number of hydrogen-bond acceptors (Lipinski definition) is 4. The fraction of sp³-hybridized carbons (Fsp3) is 0.765. The van der Waals surface area contributed by atoms with Gasteiger partial charge in [-0.3, -0.25) is 4.90 Å². The molecule has 0 fully saturated rings. The van der Waals surface area contributed by atoms with Crippen LogP contribution in [-0.4, -0.2) is 55.2 Å². The van der Waals surface area contributed by atoms with Crippen LogP contribution in [0, 0.1) is 0 Å². The largest absolute Gasteiger partial charge is 0.443 e. The van der Waals surface area contributed by atoms with Crippen LogP contribution in [0.5, 0.6) is 0 Å². The van der Waals surface area contributed by atoms with Crippen LogP contribution in [-0.2, 0) is 12.0 Å². The molecule has 0 amide bonds. The first-order chi connectivity index (χ1) is 12.0. The Morgan fingerprint density at radius 3 is 2.50 bits per heavy atom. The van der Waals surface area contributed by atoms with Gasteiger partial charge in [0.15, 0.2) is 5.96 Å². The van der Waals surface area contributed by atoms with Gasteiger partial charge < -0.3 is 15.1 Å². The number of alkyl halides is 3. The predicted octanol–water partition coefficient (Wildman–Crippen LogP) is 2.91. The molecule has 9 heteroatoms. The molecule has 0 bridgehead atoms.